The van der Waals surface area contributed by atoms with E-state index < -0.39 is 0 Å². The number of nitrogens with zero attached hydrogens (tertiary/aromatic N) is 3. The van der Waals surface area contributed by atoms with E-state index in [0.717, 1.165) is 25.9 Å². The van der Waals surface area contributed by atoms with Crippen molar-refractivity contribution in [2.75, 3.05) is 19.6 Å². The molecule has 1 aliphatic heterocycles. The maximum absolute atomic E-state index is 11.7. The average Bonchev–Trinajstić information content (AvgIpc) is 2.93. The first-order chi connectivity index (χ1) is 9.16. The second-order valence-electron chi connectivity index (χ2n) is 4.34. The number of carbonyl (C=O) groups excluding carboxylic acids is 2. The molecule has 102 valence electrons. The summed E-state index contributed by atoms with van der Waals surface area (Å²) in [5.74, 6) is -0.265. The fourth-order valence-corrected chi connectivity index (χ4v) is 2.04. The summed E-state index contributed by atoms with van der Waals surface area (Å²) in [5.41, 5.74) is 0.193. The van der Waals surface area contributed by atoms with E-state index in [4.69, 9.17) is 11.6 Å². The molecule has 0 aromatic carbocycles. The van der Waals surface area contributed by atoms with Crippen molar-refractivity contribution in [2.45, 2.75) is 19.3 Å². The van der Waals surface area contributed by atoms with Gasteiger partial charge in [0.25, 0.3) is 5.91 Å². The normalized spacial score (nSPS) is 14.5. The topological polar surface area (TPSA) is 75.2 Å². The molecule has 0 radical (unpaired) electrons. The van der Waals surface area contributed by atoms with Gasteiger partial charge in [0.1, 0.15) is 0 Å². The first kappa shape index (κ1) is 13.7. The lowest BCUT2D eigenvalue weighted by atomic mass is 10.3. The summed E-state index contributed by atoms with van der Waals surface area (Å²) in [6.45, 7) is 1.96. The zero-order chi connectivity index (χ0) is 13.7. The van der Waals surface area contributed by atoms with E-state index in [2.05, 4.69) is 15.5 Å². The van der Waals surface area contributed by atoms with Gasteiger partial charge in [0, 0.05) is 26.1 Å². The summed E-state index contributed by atoms with van der Waals surface area (Å²) < 4.78 is 0. The van der Waals surface area contributed by atoms with E-state index >= 15 is 0 Å². The minimum atomic E-state index is -0.349. The monoisotopic (exact) mass is 282 g/mol. The Morgan fingerprint density at radius 2 is 2.00 bits per heavy atom. The number of likely N-dealkylation sites (tertiary alicyclic amines) is 1. The van der Waals surface area contributed by atoms with Crippen molar-refractivity contribution in [1.29, 1.82) is 0 Å². The Hall–Kier alpha value is -1.69. The lowest BCUT2D eigenvalue weighted by Gasteiger charge is -2.14. The molecule has 0 spiro atoms. The first-order valence-electron chi connectivity index (χ1n) is 6.22. The number of nitrogens with one attached hydrogen (secondary N) is 1. The summed E-state index contributed by atoms with van der Waals surface area (Å²) in [5, 5.41) is 10.1. The van der Waals surface area contributed by atoms with Crippen LogP contribution in [0.1, 0.15) is 29.8 Å². The highest BCUT2D eigenvalue weighted by molar-refractivity contribution is 6.29. The van der Waals surface area contributed by atoms with E-state index in [0.29, 0.717) is 13.0 Å². The van der Waals surface area contributed by atoms with Crippen molar-refractivity contribution in [3.05, 3.63) is 23.0 Å². The van der Waals surface area contributed by atoms with Gasteiger partial charge in [0.05, 0.1) is 0 Å². The van der Waals surface area contributed by atoms with Crippen molar-refractivity contribution in [3.8, 4) is 0 Å². The molecular weight excluding hydrogens is 268 g/mol. The van der Waals surface area contributed by atoms with Crippen LogP contribution in [0.4, 0.5) is 0 Å². The quantitative estimate of drug-likeness (QED) is 0.889. The molecule has 0 atom stereocenters. The Kier molecular flexibility index (Phi) is 4.68. The Labute approximate surface area is 116 Å². The smallest absolute Gasteiger partial charge is 0.271 e. The number of rotatable bonds is 4. The van der Waals surface area contributed by atoms with Crippen LogP contribution in [0.3, 0.4) is 0 Å². The number of hydrogen-bond donors (Lipinski definition) is 1. The molecule has 1 aromatic heterocycles. The van der Waals surface area contributed by atoms with Gasteiger partial charge >= 0.3 is 0 Å². The number of aromatic nitrogens is 2. The van der Waals surface area contributed by atoms with E-state index in [9.17, 15) is 9.59 Å². The minimum Gasteiger partial charge on any atom is -0.350 e. The molecule has 1 saturated heterocycles. The first-order valence-corrected chi connectivity index (χ1v) is 6.60. The fourth-order valence-electron chi connectivity index (χ4n) is 1.94. The van der Waals surface area contributed by atoms with E-state index in [1.165, 1.54) is 12.1 Å². The van der Waals surface area contributed by atoms with Crippen LogP contribution in [-0.4, -0.2) is 46.5 Å². The lowest BCUT2D eigenvalue weighted by molar-refractivity contribution is -0.129. The average molecular weight is 283 g/mol. The summed E-state index contributed by atoms with van der Waals surface area (Å²) in [6, 6.07) is 2.99. The lowest BCUT2D eigenvalue weighted by Crippen LogP contribution is -2.33. The predicted molar refractivity (Wildman–Crippen MR) is 69.8 cm³/mol. The molecule has 1 N–H and O–H groups in total. The van der Waals surface area contributed by atoms with Crippen LogP contribution in [-0.2, 0) is 4.79 Å². The molecule has 6 nitrogen and oxygen atoms in total. The Morgan fingerprint density at radius 1 is 1.26 bits per heavy atom. The van der Waals surface area contributed by atoms with Crippen molar-refractivity contribution < 1.29 is 9.59 Å². The molecule has 2 amide bonds. The van der Waals surface area contributed by atoms with Gasteiger partial charge in [-0.2, -0.15) is 0 Å². The molecule has 1 aliphatic rings. The number of carbonyl (C=O) groups is 2. The second kappa shape index (κ2) is 6.47. The van der Waals surface area contributed by atoms with Crippen molar-refractivity contribution in [3.63, 3.8) is 0 Å². The third-order valence-corrected chi connectivity index (χ3v) is 3.15. The van der Waals surface area contributed by atoms with Crippen molar-refractivity contribution >= 4 is 23.4 Å². The van der Waals surface area contributed by atoms with Crippen LogP contribution in [0.5, 0.6) is 0 Å². The van der Waals surface area contributed by atoms with Gasteiger partial charge in [-0.3, -0.25) is 9.59 Å². The van der Waals surface area contributed by atoms with Crippen molar-refractivity contribution in [2.24, 2.45) is 0 Å². The number of hydrogen-bond acceptors (Lipinski definition) is 4. The van der Waals surface area contributed by atoms with Gasteiger partial charge in [0.15, 0.2) is 10.8 Å². The number of amides is 2. The second-order valence-corrected chi connectivity index (χ2v) is 4.72. The summed E-state index contributed by atoms with van der Waals surface area (Å²) >= 11 is 5.58. The third-order valence-electron chi connectivity index (χ3n) is 2.95. The van der Waals surface area contributed by atoms with Gasteiger partial charge in [0.2, 0.25) is 5.91 Å². The molecule has 0 aliphatic carbocycles. The van der Waals surface area contributed by atoms with Gasteiger partial charge in [-0.25, -0.2) is 0 Å². The molecule has 0 saturated carbocycles. The third kappa shape index (κ3) is 3.89. The van der Waals surface area contributed by atoms with Crippen LogP contribution >= 0.6 is 11.6 Å². The molecule has 2 rings (SSSR count). The Bertz CT molecular complexity index is 457. The number of halogens is 1. The summed E-state index contributed by atoms with van der Waals surface area (Å²) in [4.78, 5) is 25.2. The van der Waals surface area contributed by atoms with Crippen LogP contribution < -0.4 is 5.32 Å². The molecule has 1 aromatic rings. The van der Waals surface area contributed by atoms with Crippen LogP contribution in [0.15, 0.2) is 12.1 Å². The highest BCUT2D eigenvalue weighted by atomic mass is 35.5. The van der Waals surface area contributed by atoms with Gasteiger partial charge in [-0.05, 0) is 25.0 Å². The summed E-state index contributed by atoms with van der Waals surface area (Å²) in [7, 11) is 0. The molecule has 0 bridgehead atoms. The zero-order valence-electron chi connectivity index (χ0n) is 10.4. The van der Waals surface area contributed by atoms with Gasteiger partial charge in [-0.1, -0.05) is 11.6 Å². The SMILES string of the molecule is O=C(NCCC(=O)N1CCCC1)c1ccc(Cl)nn1. The van der Waals surface area contributed by atoms with Gasteiger partial charge in [-0.15, -0.1) is 10.2 Å². The molecule has 7 heteroatoms. The molecule has 2 heterocycles. The van der Waals surface area contributed by atoms with Crippen LogP contribution in [0.25, 0.3) is 0 Å². The highest BCUT2D eigenvalue weighted by Crippen LogP contribution is 2.08. The highest BCUT2D eigenvalue weighted by Gasteiger charge is 2.17. The largest absolute Gasteiger partial charge is 0.350 e. The Balaban J connectivity index is 1.74. The fraction of sp³-hybridized carbons (Fsp3) is 0.500. The standard InChI is InChI=1S/C12H15ClN4O2/c13-10-4-3-9(15-16-10)12(19)14-6-5-11(18)17-7-1-2-8-17/h3-4H,1-2,5-8H2,(H,14,19). The maximum Gasteiger partial charge on any atom is 0.271 e. The van der Waals surface area contributed by atoms with Crippen molar-refractivity contribution in [1.82, 2.24) is 20.4 Å². The van der Waals surface area contributed by atoms with Gasteiger partial charge < -0.3 is 10.2 Å². The maximum atomic E-state index is 11.7. The molecule has 19 heavy (non-hydrogen) atoms. The van der Waals surface area contributed by atoms with E-state index in [-0.39, 0.29) is 22.7 Å². The van der Waals surface area contributed by atoms with E-state index in [1.807, 2.05) is 4.90 Å². The van der Waals surface area contributed by atoms with Crippen LogP contribution in [0, 0.1) is 0 Å². The zero-order valence-corrected chi connectivity index (χ0v) is 11.2. The minimum absolute atomic E-state index is 0.0833. The molecule has 1 fully saturated rings. The molecular formula is C12H15ClN4O2. The van der Waals surface area contributed by atoms with Crippen LogP contribution in [0.2, 0.25) is 5.15 Å². The molecule has 0 unspecified atom stereocenters. The summed E-state index contributed by atoms with van der Waals surface area (Å²) in [6.07, 6.45) is 2.45. The predicted octanol–water partition coefficient (Wildman–Crippen LogP) is 0.872. The Morgan fingerprint density at radius 3 is 2.63 bits per heavy atom. The van der Waals surface area contributed by atoms with E-state index in [1.54, 1.807) is 0 Å².